The normalized spacial score (nSPS) is 12.1. The number of fused-ring (bicyclic) bond motifs is 12. The van der Waals surface area contributed by atoms with Gasteiger partial charge >= 0.3 is 0 Å². The third kappa shape index (κ3) is 3.26. The maximum absolute atomic E-state index is 5.49. The van der Waals surface area contributed by atoms with E-state index in [1.807, 2.05) is 0 Å². The fraction of sp³-hybridized carbons (Fsp3) is 0. The molecule has 7 aromatic carbocycles. The summed E-state index contributed by atoms with van der Waals surface area (Å²) < 4.78 is 4.64. The number of benzene rings is 7. The SMILES string of the molecule is c1ccc(-c2nc(-n3c4ccc5ccccc5c4c4ccc5ccccc5c43)nc3c2sc2ccc4ccccc4c23)cc1. The van der Waals surface area contributed by atoms with E-state index in [1.54, 1.807) is 11.3 Å². The number of rotatable bonds is 2. The number of thiophene rings is 1. The lowest BCUT2D eigenvalue weighted by atomic mass is 10.0. The van der Waals surface area contributed by atoms with Gasteiger partial charge in [-0.3, -0.25) is 4.57 Å². The molecule has 0 saturated heterocycles. The second kappa shape index (κ2) is 8.96. The summed E-state index contributed by atoms with van der Waals surface area (Å²) in [4.78, 5) is 10.9. The number of aromatic nitrogens is 3. The van der Waals surface area contributed by atoms with E-state index in [4.69, 9.17) is 9.97 Å². The van der Waals surface area contributed by atoms with Crippen molar-refractivity contribution < 1.29 is 0 Å². The van der Waals surface area contributed by atoms with Crippen molar-refractivity contribution in [3.05, 3.63) is 140 Å². The van der Waals surface area contributed by atoms with E-state index >= 15 is 0 Å². The van der Waals surface area contributed by atoms with Gasteiger partial charge < -0.3 is 0 Å². The van der Waals surface area contributed by atoms with Crippen LogP contribution in [0.15, 0.2) is 140 Å². The van der Waals surface area contributed by atoms with Crippen molar-refractivity contribution in [1.29, 1.82) is 0 Å². The number of nitrogens with zero attached hydrogens (tertiary/aromatic N) is 3. The molecule has 4 heteroatoms. The molecule has 0 aliphatic rings. The van der Waals surface area contributed by atoms with Crippen molar-refractivity contribution in [2.75, 3.05) is 0 Å². The van der Waals surface area contributed by atoms with Crippen molar-refractivity contribution in [3.8, 4) is 17.2 Å². The lowest BCUT2D eigenvalue weighted by molar-refractivity contribution is 1.02. The Balaban J connectivity index is 1.44. The van der Waals surface area contributed by atoms with E-state index in [-0.39, 0.29) is 0 Å². The number of hydrogen-bond donors (Lipinski definition) is 0. The van der Waals surface area contributed by atoms with Crippen molar-refractivity contribution in [3.63, 3.8) is 0 Å². The molecular formula is C40H23N3S. The van der Waals surface area contributed by atoms with E-state index in [0.717, 1.165) is 32.5 Å². The number of hydrogen-bond acceptors (Lipinski definition) is 3. The third-order valence-corrected chi connectivity index (χ3v) is 10.1. The second-order valence-corrected chi connectivity index (χ2v) is 12.4. The molecule has 3 aromatic heterocycles. The van der Waals surface area contributed by atoms with Crippen LogP contribution in [0.3, 0.4) is 0 Å². The van der Waals surface area contributed by atoms with Crippen LogP contribution in [0.2, 0.25) is 0 Å². The Bertz CT molecular complexity index is 2770. The highest BCUT2D eigenvalue weighted by molar-refractivity contribution is 7.26. The maximum Gasteiger partial charge on any atom is 0.235 e. The summed E-state index contributed by atoms with van der Waals surface area (Å²) in [5, 5.41) is 10.9. The summed E-state index contributed by atoms with van der Waals surface area (Å²) in [5.41, 5.74) is 5.30. The van der Waals surface area contributed by atoms with Gasteiger partial charge in [0.25, 0.3) is 0 Å². The molecule has 3 heterocycles. The fourth-order valence-corrected chi connectivity index (χ4v) is 8.21. The molecule has 0 bridgehead atoms. The summed E-state index contributed by atoms with van der Waals surface area (Å²) in [7, 11) is 0. The molecule has 0 amide bonds. The summed E-state index contributed by atoms with van der Waals surface area (Å²) in [6.45, 7) is 0. The summed E-state index contributed by atoms with van der Waals surface area (Å²) >= 11 is 1.78. The Hall–Kier alpha value is -5.58. The first kappa shape index (κ1) is 23.9. The molecule has 0 aliphatic carbocycles. The predicted molar refractivity (Wildman–Crippen MR) is 187 cm³/mol. The standard InChI is InChI=1S/C40H23N3S/c1-2-13-27(14-3-1)36-39-37(35-29-16-8-5-11-25(29)20-23-33(35)44-39)42-40(41-36)43-32-22-19-24-10-4-7-15-28(24)34(32)31-21-18-26-12-6-9-17-30(26)38(31)43/h1-23H. The average molecular weight is 578 g/mol. The summed E-state index contributed by atoms with van der Waals surface area (Å²) in [6.07, 6.45) is 0. The van der Waals surface area contributed by atoms with Gasteiger partial charge in [0.15, 0.2) is 0 Å². The molecule has 10 rings (SSSR count). The molecule has 0 aliphatic heterocycles. The molecule has 0 radical (unpaired) electrons. The molecule has 0 unspecified atom stereocenters. The van der Waals surface area contributed by atoms with Crippen LogP contribution in [0.1, 0.15) is 0 Å². The van der Waals surface area contributed by atoms with Gasteiger partial charge in [-0.15, -0.1) is 11.3 Å². The molecule has 204 valence electrons. The highest BCUT2D eigenvalue weighted by atomic mass is 32.1. The molecular weight excluding hydrogens is 555 g/mol. The quantitative estimate of drug-likeness (QED) is 0.205. The lowest BCUT2D eigenvalue weighted by Crippen LogP contribution is -2.03. The van der Waals surface area contributed by atoms with Crippen molar-refractivity contribution in [2.45, 2.75) is 0 Å². The van der Waals surface area contributed by atoms with E-state index in [1.165, 1.54) is 53.2 Å². The van der Waals surface area contributed by atoms with Crippen LogP contribution in [0.4, 0.5) is 0 Å². The third-order valence-electron chi connectivity index (χ3n) is 8.98. The van der Waals surface area contributed by atoms with E-state index in [9.17, 15) is 0 Å². The zero-order valence-electron chi connectivity index (χ0n) is 23.5. The molecule has 10 aromatic rings. The molecule has 0 fully saturated rings. The van der Waals surface area contributed by atoms with Gasteiger partial charge in [-0.1, -0.05) is 127 Å². The molecule has 44 heavy (non-hydrogen) atoms. The van der Waals surface area contributed by atoms with Crippen LogP contribution in [0, 0.1) is 0 Å². The van der Waals surface area contributed by atoms with Crippen LogP contribution < -0.4 is 0 Å². The van der Waals surface area contributed by atoms with Crippen molar-refractivity contribution in [1.82, 2.24) is 14.5 Å². The molecule has 0 N–H and O–H groups in total. The van der Waals surface area contributed by atoms with Crippen LogP contribution in [0.5, 0.6) is 0 Å². The van der Waals surface area contributed by atoms with Gasteiger partial charge in [-0.05, 0) is 39.1 Å². The lowest BCUT2D eigenvalue weighted by Gasteiger charge is -2.11. The van der Waals surface area contributed by atoms with Gasteiger partial charge in [0.1, 0.15) is 0 Å². The zero-order valence-corrected chi connectivity index (χ0v) is 24.3. The van der Waals surface area contributed by atoms with Gasteiger partial charge in [0.05, 0.1) is 26.9 Å². The Morgan fingerprint density at radius 1 is 0.477 bits per heavy atom. The monoisotopic (exact) mass is 577 g/mol. The molecule has 0 spiro atoms. The highest BCUT2D eigenvalue weighted by Crippen LogP contribution is 2.44. The van der Waals surface area contributed by atoms with Crippen LogP contribution in [-0.2, 0) is 0 Å². The van der Waals surface area contributed by atoms with E-state index < -0.39 is 0 Å². The first-order valence-electron chi connectivity index (χ1n) is 14.8. The van der Waals surface area contributed by atoms with Gasteiger partial charge in [0.2, 0.25) is 5.95 Å². The van der Waals surface area contributed by atoms with Crippen LogP contribution in [0.25, 0.3) is 91.6 Å². The van der Waals surface area contributed by atoms with Gasteiger partial charge in [-0.25, -0.2) is 9.97 Å². The first-order chi connectivity index (χ1) is 21.8. The minimum atomic E-state index is 0.690. The fourth-order valence-electron chi connectivity index (χ4n) is 7.04. The highest BCUT2D eigenvalue weighted by Gasteiger charge is 2.22. The largest absolute Gasteiger partial charge is 0.277 e. The van der Waals surface area contributed by atoms with Crippen molar-refractivity contribution in [2.24, 2.45) is 0 Å². The first-order valence-corrected chi connectivity index (χ1v) is 15.7. The second-order valence-electron chi connectivity index (χ2n) is 11.4. The Labute approximate surface area is 256 Å². The molecule has 0 saturated carbocycles. The minimum Gasteiger partial charge on any atom is -0.277 e. The zero-order chi connectivity index (χ0) is 28.8. The predicted octanol–water partition coefficient (Wildman–Crippen LogP) is 11.1. The van der Waals surface area contributed by atoms with E-state index in [0.29, 0.717) is 5.95 Å². The van der Waals surface area contributed by atoms with Crippen LogP contribution in [-0.4, -0.2) is 14.5 Å². The topological polar surface area (TPSA) is 30.7 Å². The smallest absolute Gasteiger partial charge is 0.235 e. The Kier molecular flexibility index (Phi) is 4.87. The Morgan fingerprint density at radius 2 is 1.09 bits per heavy atom. The van der Waals surface area contributed by atoms with Crippen LogP contribution >= 0.6 is 11.3 Å². The minimum absolute atomic E-state index is 0.690. The Morgan fingerprint density at radius 3 is 1.86 bits per heavy atom. The maximum atomic E-state index is 5.49. The van der Waals surface area contributed by atoms with Gasteiger partial charge in [0, 0.05) is 31.8 Å². The summed E-state index contributed by atoms with van der Waals surface area (Å²) in [6, 6.07) is 49.9. The van der Waals surface area contributed by atoms with E-state index in [2.05, 4.69) is 144 Å². The molecule has 0 atom stereocenters. The van der Waals surface area contributed by atoms with Crippen molar-refractivity contribution >= 4 is 85.8 Å². The summed E-state index contributed by atoms with van der Waals surface area (Å²) in [5.74, 6) is 0.690. The average Bonchev–Trinajstić information content (AvgIpc) is 3.65. The van der Waals surface area contributed by atoms with Gasteiger partial charge in [-0.2, -0.15) is 0 Å². The molecule has 3 nitrogen and oxygen atoms in total.